The number of sulfonamides is 1. The molecule has 0 aliphatic rings. The molecule has 0 spiro atoms. The molecule has 1 amide bonds. The van der Waals surface area contributed by atoms with Crippen LogP contribution in [0.2, 0.25) is 0 Å². The number of carbonyl (C=O) groups excluding carboxylic acids is 1. The Hall–Kier alpha value is -2.72. The van der Waals surface area contributed by atoms with Crippen LogP contribution in [-0.4, -0.2) is 29.3 Å². The topological polar surface area (TPSA) is 117 Å². The number of thiazole rings is 1. The Kier molecular flexibility index (Phi) is 4.32. The van der Waals surface area contributed by atoms with E-state index in [4.69, 9.17) is 0 Å². The fourth-order valence-corrected chi connectivity index (χ4v) is 3.68. The molecule has 10 heteroatoms. The molecular formula is C14H13N5O3S2. The van der Waals surface area contributed by atoms with Gasteiger partial charge in [-0.1, -0.05) is 12.1 Å². The number of imidazole rings is 1. The van der Waals surface area contributed by atoms with Gasteiger partial charge in [-0.15, -0.1) is 11.3 Å². The summed E-state index contributed by atoms with van der Waals surface area (Å²) in [5, 5.41) is 4.87. The summed E-state index contributed by atoms with van der Waals surface area (Å²) in [6.07, 6.45) is 2.52. The Labute approximate surface area is 142 Å². The quantitative estimate of drug-likeness (QED) is 0.643. The molecule has 0 aliphatic carbocycles. The minimum Gasteiger partial charge on any atom is -0.334 e. The van der Waals surface area contributed by atoms with E-state index in [1.807, 2.05) is 0 Å². The molecule has 0 bridgehead atoms. The van der Waals surface area contributed by atoms with Gasteiger partial charge in [-0.2, -0.15) is 8.42 Å². The van der Waals surface area contributed by atoms with Crippen LogP contribution in [0.1, 0.15) is 6.92 Å². The number of carbonyl (C=O) groups is 1. The van der Waals surface area contributed by atoms with Crippen molar-refractivity contribution >= 4 is 38.1 Å². The van der Waals surface area contributed by atoms with Crippen molar-refractivity contribution in [1.29, 1.82) is 0 Å². The molecule has 3 aromatic rings. The standard InChI is InChI=1S/C14H13N5O3S2/c1-9(20)17-14-18-12(7-23-14)10-3-2-4-11(5-10)19-24(21,22)13-6-15-8-16-13/h2-8,19H,1H3,(H,15,16)(H,17,18,20). The molecule has 0 fully saturated rings. The number of aromatic amines is 1. The molecule has 8 nitrogen and oxygen atoms in total. The molecule has 2 heterocycles. The van der Waals surface area contributed by atoms with Crippen LogP contribution >= 0.6 is 11.3 Å². The molecule has 3 rings (SSSR count). The number of benzene rings is 1. The zero-order valence-electron chi connectivity index (χ0n) is 12.5. The highest BCUT2D eigenvalue weighted by Crippen LogP contribution is 2.27. The van der Waals surface area contributed by atoms with Crippen LogP contribution in [0.5, 0.6) is 0 Å². The number of amides is 1. The van der Waals surface area contributed by atoms with Crippen molar-refractivity contribution in [2.24, 2.45) is 0 Å². The highest BCUT2D eigenvalue weighted by Gasteiger charge is 2.16. The molecule has 1 aromatic carbocycles. The fraction of sp³-hybridized carbons (Fsp3) is 0.0714. The summed E-state index contributed by atoms with van der Waals surface area (Å²) in [5.41, 5.74) is 1.77. The largest absolute Gasteiger partial charge is 0.334 e. The first kappa shape index (κ1) is 16.1. The summed E-state index contributed by atoms with van der Waals surface area (Å²) in [7, 11) is -3.72. The van der Waals surface area contributed by atoms with Gasteiger partial charge in [-0.05, 0) is 12.1 Å². The number of hydrogen-bond acceptors (Lipinski definition) is 6. The summed E-state index contributed by atoms with van der Waals surface area (Å²) in [6, 6.07) is 6.83. The Morgan fingerprint density at radius 1 is 1.33 bits per heavy atom. The number of hydrogen-bond donors (Lipinski definition) is 3. The van der Waals surface area contributed by atoms with Crippen LogP contribution in [0.15, 0.2) is 47.2 Å². The van der Waals surface area contributed by atoms with Crippen LogP contribution in [0.25, 0.3) is 11.3 Å². The normalized spacial score (nSPS) is 11.2. The molecule has 24 heavy (non-hydrogen) atoms. The van der Waals surface area contributed by atoms with E-state index in [0.717, 1.165) is 5.56 Å². The first-order valence-electron chi connectivity index (χ1n) is 6.79. The number of rotatable bonds is 5. The van der Waals surface area contributed by atoms with Crippen molar-refractivity contribution in [3.05, 3.63) is 42.2 Å². The summed E-state index contributed by atoms with van der Waals surface area (Å²) >= 11 is 1.29. The monoisotopic (exact) mass is 363 g/mol. The number of nitrogens with one attached hydrogen (secondary N) is 3. The van der Waals surface area contributed by atoms with Crippen LogP contribution in [-0.2, 0) is 14.8 Å². The molecule has 3 N–H and O–H groups in total. The van der Waals surface area contributed by atoms with Crippen molar-refractivity contribution in [3.63, 3.8) is 0 Å². The highest BCUT2D eigenvalue weighted by atomic mass is 32.2. The molecule has 0 saturated heterocycles. The molecular weight excluding hydrogens is 350 g/mol. The Morgan fingerprint density at radius 2 is 2.17 bits per heavy atom. The van der Waals surface area contributed by atoms with E-state index in [1.165, 1.54) is 30.8 Å². The lowest BCUT2D eigenvalue weighted by molar-refractivity contribution is -0.114. The maximum absolute atomic E-state index is 12.2. The lowest BCUT2D eigenvalue weighted by Gasteiger charge is -2.07. The molecule has 0 atom stereocenters. The van der Waals surface area contributed by atoms with Gasteiger partial charge < -0.3 is 10.3 Å². The predicted octanol–water partition coefficient (Wildman–Crippen LogP) is 2.29. The van der Waals surface area contributed by atoms with Gasteiger partial charge in [0.1, 0.15) is 0 Å². The first-order valence-corrected chi connectivity index (χ1v) is 9.15. The van der Waals surface area contributed by atoms with E-state index in [2.05, 4.69) is 25.0 Å². The van der Waals surface area contributed by atoms with E-state index in [9.17, 15) is 13.2 Å². The Bertz CT molecular complexity index is 964. The average molecular weight is 363 g/mol. The zero-order valence-corrected chi connectivity index (χ0v) is 14.1. The summed E-state index contributed by atoms with van der Waals surface area (Å²) in [5.74, 6) is -0.197. The van der Waals surface area contributed by atoms with Crippen LogP contribution in [0, 0.1) is 0 Å². The number of H-pyrrole nitrogens is 1. The zero-order chi connectivity index (χ0) is 17.2. The molecule has 124 valence electrons. The maximum Gasteiger partial charge on any atom is 0.278 e. The summed E-state index contributed by atoms with van der Waals surface area (Å²) in [6.45, 7) is 1.41. The van der Waals surface area contributed by atoms with Gasteiger partial charge in [0.25, 0.3) is 10.0 Å². The fourth-order valence-electron chi connectivity index (χ4n) is 1.96. The molecule has 0 aliphatic heterocycles. The predicted molar refractivity (Wildman–Crippen MR) is 91.2 cm³/mol. The molecule has 0 radical (unpaired) electrons. The van der Waals surface area contributed by atoms with Gasteiger partial charge in [0, 0.05) is 23.6 Å². The van der Waals surface area contributed by atoms with Crippen molar-refractivity contribution in [1.82, 2.24) is 15.0 Å². The van der Waals surface area contributed by atoms with Crippen molar-refractivity contribution in [2.75, 3.05) is 10.0 Å². The minimum atomic E-state index is -3.72. The van der Waals surface area contributed by atoms with Gasteiger partial charge >= 0.3 is 0 Å². The van der Waals surface area contributed by atoms with E-state index in [-0.39, 0.29) is 10.9 Å². The summed E-state index contributed by atoms with van der Waals surface area (Å²) in [4.78, 5) is 21.6. The third-order valence-corrected chi connectivity index (χ3v) is 5.02. The highest BCUT2D eigenvalue weighted by molar-refractivity contribution is 7.92. The van der Waals surface area contributed by atoms with Crippen molar-refractivity contribution in [2.45, 2.75) is 11.9 Å². The van der Waals surface area contributed by atoms with Gasteiger partial charge in [0.05, 0.1) is 18.2 Å². The van der Waals surface area contributed by atoms with Gasteiger partial charge in [-0.25, -0.2) is 9.97 Å². The van der Waals surface area contributed by atoms with E-state index in [0.29, 0.717) is 16.5 Å². The smallest absolute Gasteiger partial charge is 0.278 e. The van der Waals surface area contributed by atoms with Crippen LogP contribution in [0.3, 0.4) is 0 Å². The van der Waals surface area contributed by atoms with E-state index >= 15 is 0 Å². The molecule has 0 saturated carbocycles. The number of nitrogens with zero attached hydrogens (tertiary/aromatic N) is 2. The maximum atomic E-state index is 12.2. The number of aromatic nitrogens is 3. The number of anilines is 2. The molecule has 2 aromatic heterocycles. The Balaban J connectivity index is 1.84. The average Bonchev–Trinajstić information content (AvgIpc) is 3.18. The van der Waals surface area contributed by atoms with Crippen LogP contribution < -0.4 is 10.0 Å². The lowest BCUT2D eigenvalue weighted by atomic mass is 10.1. The van der Waals surface area contributed by atoms with Crippen LogP contribution in [0.4, 0.5) is 10.8 Å². The van der Waals surface area contributed by atoms with Crippen molar-refractivity contribution < 1.29 is 13.2 Å². The van der Waals surface area contributed by atoms with E-state index < -0.39 is 10.0 Å². The third kappa shape index (κ3) is 3.60. The van der Waals surface area contributed by atoms with Gasteiger partial charge in [0.15, 0.2) is 10.2 Å². The first-order chi connectivity index (χ1) is 11.4. The van der Waals surface area contributed by atoms with Gasteiger partial charge in [-0.3, -0.25) is 9.52 Å². The summed E-state index contributed by atoms with van der Waals surface area (Å²) < 4.78 is 26.9. The second-order valence-corrected chi connectivity index (χ2v) is 7.33. The third-order valence-electron chi connectivity index (χ3n) is 2.96. The SMILES string of the molecule is CC(=O)Nc1nc(-c2cccc(NS(=O)(=O)c3cnc[nH]3)c2)cs1. The molecule has 0 unspecified atom stereocenters. The second kappa shape index (κ2) is 6.42. The lowest BCUT2D eigenvalue weighted by Crippen LogP contribution is -2.13. The van der Waals surface area contributed by atoms with Gasteiger partial charge in [0.2, 0.25) is 5.91 Å². The Morgan fingerprint density at radius 3 is 2.88 bits per heavy atom. The van der Waals surface area contributed by atoms with Crippen molar-refractivity contribution in [3.8, 4) is 11.3 Å². The minimum absolute atomic E-state index is 0.0190. The van der Waals surface area contributed by atoms with E-state index in [1.54, 1.807) is 29.6 Å². The second-order valence-electron chi connectivity index (χ2n) is 4.82.